The highest BCUT2D eigenvalue weighted by molar-refractivity contribution is 4.60. The van der Waals surface area contributed by atoms with Gasteiger partial charge in [0.25, 0.3) is 0 Å². The van der Waals surface area contributed by atoms with Crippen LogP contribution in [-0.4, -0.2) is 65.3 Å². The fourth-order valence-corrected chi connectivity index (χ4v) is 2.25. The van der Waals surface area contributed by atoms with E-state index in [1.807, 2.05) is 21.1 Å². The predicted octanol–water partition coefficient (Wildman–Crippen LogP) is 1.29. The first-order valence-electron chi connectivity index (χ1n) is 8.01. The van der Waals surface area contributed by atoms with Gasteiger partial charge in [0.2, 0.25) is 0 Å². The van der Waals surface area contributed by atoms with Crippen LogP contribution in [0.5, 0.6) is 0 Å². The second-order valence-electron chi connectivity index (χ2n) is 5.27. The molecule has 19 heavy (non-hydrogen) atoms. The molecule has 0 fully saturated rings. The lowest BCUT2D eigenvalue weighted by atomic mass is 10.2. The number of hydrogen-bond acceptors (Lipinski definition) is 4. The summed E-state index contributed by atoms with van der Waals surface area (Å²) in [5.74, 6) is 0. The van der Waals surface area contributed by atoms with E-state index >= 15 is 0 Å². The van der Waals surface area contributed by atoms with E-state index in [0.29, 0.717) is 0 Å². The van der Waals surface area contributed by atoms with Gasteiger partial charge in [-0.05, 0) is 98.9 Å². The molecule has 0 aliphatic rings. The minimum Gasteiger partial charge on any atom is -0.320 e. The summed E-state index contributed by atoms with van der Waals surface area (Å²) in [6.07, 6.45) is 7.83. The Morgan fingerprint density at radius 2 is 0.842 bits per heavy atom. The topological polar surface area (TPSA) is 39.3 Å². The molecule has 0 aromatic rings. The average molecular weight is 272 g/mol. The maximum absolute atomic E-state index is 3.23. The summed E-state index contributed by atoms with van der Waals surface area (Å²) < 4.78 is 0. The van der Waals surface area contributed by atoms with Gasteiger partial charge in [0.15, 0.2) is 0 Å². The summed E-state index contributed by atoms with van der Waals surface area (Å²) in [5, 5.41) is 9.68. The Balaban J connectivity index is 3.66. The number of unbranched alkanes of at least 4 members (excludes halogenated alkanes) is 3. The van der Waals surface area contributed by atoms with Gasteiger partial charge in [0.05, 0.1) is 0 Å². The molecule has 0 atom stereocenters. The van der Waals surface area contributed by atoms with Gasteiger partial charge >= 0.3 is 0 Å². The van der Waals surface area contributed by atoms with Crippen LogP contribution in [0.25, 0.3) is 0 Å². The van der Waals surface area contributed by atoms with Crippen molar-refractivity contribution in [2.75, 3.05) is 60.4 Å². The lowest BCUT2D eigenvalue weighted by Gasteiger charge is -2.22. The van der Waals surface area contributed by atoms with E-state index < -0.39 is 0 Å². The Labute approximate surface area is 120 Å². The van der Waals surface area contributed by atoms with Gasteiger partial charge in [-0.1, -0.05) is 0 Å². The summed E-state index contributed by atoms with van der Waals surface area (Å²) in [7, 11) is 6.10. The highest BCUT2D eigenvalue weighted by Crippen LogP contribution is 2.02. The molecule has 0 aromatic heterocycles. The Hall–Kier alpha value is -0.160. The van der Waals surface area contributed by atoms with Gasteiger partial charge in [0, 0.05) is 0 Å². The molecule has 0 radical (unpaired) electrons. The van der Waals surface area contributed by atoms with Gasteiger partial charge in [-0.15, -0.1) is 0 Å². The second kappa shape index (κ2) is 15.9. The first kappa shape index (κ1) is 18.8. The van der Waals surface area contributed by atoms with E-state index in [0.717, 1.165) is 19.6 Å². The molecule has 116 valence electrons. The van der Waals surface area contributed by atoms with E-state index in [1.165, 1.54) is 58.2 Å². The molecule has 0 heterocycles. The van der Waals surface area contributed by atoms with Crippen LogP contribution in [0.1, 0.15) is 38.5 Å². The molecule has 0 aliphatic carbocycles. The molecule has 4 heteroatoms. The minimum atomic E-state index is 1.15. The fourth-order valence-electron chi connectivity index (χ4n) is 2.25. The highest BCUT2D eigenvalue weighted by Gasteiger charge is 2.04. The molecule has 0 aliphatic heterocycles. The third kappa shape index (κ3) is 14.1. The maximum Gasteiger partial charge on any atom is -0.00183 e. The molecule has 0 rings (SSSR count). The molecule has 0 amide bonds. The monoisotopic (exact) mass is 272 g/mol. The minimum absolute atomic E-state index is 1.15. The molecule has 3 N–H and O–H groups in total. The van der Waals surface area contributed by atoms with Crippen molar-refractivity contribution in [3.05, 3.63) is 0 Å². The van der Waals surface area contributed by atoms with Crippen LogP contribution in [-0.2, 0) is 0 Å². The standard InChI is InChI=1S/C15H36N4/c1-16-10-4-7-13-19(14-8-5-11-17-2)15-9-6-12-18-3/h16-18H,4-15H2,1-3H3. The van der Waals surface area contributed by atoms with Crippen molar-refractivity contribution in [3.63, 3.8) is 0 Å². The zero-order chi connectivity index (χ0) is 14.2. The van der Waals surface area contributed by atoms with Crippen molar-refractivity contribution in [3.8, 4) is 0 Å². The van der Waals surface area contributed by atoms with Crippen LogP contribution in [0.15, 0.2) is 0 Å². The Morgan fingerprint density at radius 3 is 1.11 bits per heavy atom. The maximum atomic E-state index is 3.23. The van der Waals surface area contributed by atoms with Crippen LogP contribution in [0.4, 0.5) is 0 Å². The summed E-state index contributed by atoms with van der Waals surface area (Å²) in [6, 6.07) is 0. The average Bonchev–Trinajstić information content (AvgIpc) is 2.43. The Kier molecular flexibility index (Phi) is 15.8. The van der Waals surface area contributed by atoms with Crippen molar-refractivity contribution < 1.29 is 0 Å². The third-order valence-corrected chi connectivity index (χ3v) is 3.45. The van der Waals surface area contributed by atoms with Gasteiger partial charge < -0.3 is 20.9 Å². The van der Waals surface area contributed by atoms with Crippen LogP contribution >= 0.6 is 0 Å². The largest absolute Gasteiger partial charge is 0.320 e. The quantitative estimate of drug-likeness (QED) is 0.393. The van der Waals surface area contributed by atoms with Gasteiger partial charge in [-0.3, -0.25) is 0 Å². The smallest absolute Gasteiger partial charge is 0.00183 e. The summed E-state index contributed by atoms with van der Waals surface area (Å²) in [4.78, 5) is 2.65. The molecule has 0 saturated carbocycles. The summed E-state index contributed by atoms with van der Waals surface area (Å²) >= 11 is 0. The number of hydrogen-bond donors (Lipinski definition) is 3. The van der Waals surface area contributed by atoms with Crippen molar-refractivity contribution in [1.82, 2.24) is 20.9 Å². The first-order valence-corrected chi connectivity index (χ1v) is 8.01. The van der Waals surface area contributed by atoms with Gasteiger partial charge in [0.1, 0.15) is 0 Å². The lowest BCUT2D eigenvalue weighted by Crippen LogP contribution is -2.28. The molecule has 4 nitrogen and oxygen atoms in total. The van der Waals surface area contributed by atoms with Gasteiger partial charge in [-0.2, -0.15) is 0 Å². The normalized spacial score (nSPS) is 11.4. The van der Waals surface area contributed by atoms with E-state index in [9.17, 15) is 0 Å². The molecule has 0 unspecified atom stereocenters. The van der Waals surface area contributed by atoms with Crippen LogP contribution < -0.4 is 16.0 Å². The number of rotatable bonds is 15. The lowest BCUT2D eigenvalue weighted by molar-refractivity contribution is 0.257. The molecule has 0 saturated heterocycles. The Morgan fingerprint density at radius 1 is 0.526 bits per heavy atom. The molecule has 0 bridgehead atoms. The van der Waals surface area contributed by atoms with Crippen molar-refractivity contribution >= 4 is 0 Å². The fraction of sp³-hybridized carbons (Fsp3) is 1.00. The first-order chi connectivity index (χ1) is 9.35. The second-order valence-corrected chi connectivity index (χ2v) is 5.27. The van der Waals surface area contributed by atoms with E-state index in [4.69, 9.17) is 0 Å². The number of nitrogens with one attached hydrogen (secondary N) is 3. The molecule has 0 aromatic carbocycles. The molecular formula is C15H36N4. The summed E-state index contributed by atoms with van der Waals surface area (Å²) in [6.45, 7) is 7.23. The van der Waals surface area contributed by atoms with Crippen LogP contribution in [0.3, 0.4) is 0 Å². The van der Waals surface area contributed by atoms with Crippen LogP contribution in [0.2, 0.25) is 0 Å². The zero-order valence-corrected chi connectivity index (χ0v) is 13.4. The number of nitrogens with zero attached hydrogens (tertiary/aromatic N) is 1. The zero-order valence-electron chi connectivity index (χ0n) is 13.4. The van der Waals surface area contributed by atoms with Crippen molar-refractivity contribution in [2.45, 2.75) is 38.5 Å². The summed E-state index contributed by atoms with van der Waals surface area (Å²) in [5.41, 5.74) is 0. The Bertz CT molecular complexity index is 136. The van der Waals surface area contributed by atoms with E-state index in [2.05, 4.69) is 20.9 Å². The molecular weight excluding hydrogens is 236 g/mol. The third-order valence-electron chi connectivity index (χ3n) is 3.45. The SMILES string of the molecule is CNCCCCN(CCCCNC)CCCCNC. The van der Waals surface area contributed by atoms with E-state index in [-0.39, 0.29) is 0 Å². The van der Waals surface area contributed by atoms with Crippen LogP contribution in [0, 0.1) is 0 Å². The highest BCUT2D eigenvalue weighted by atomic mass is 15.1. The predicted molar refractivity (Wildman–Crippen MR) is 85.9 cm³/mol. The van der Waals surface area contributed by atoms with Crippen molar-refractivity contribution in [2.24, 2.45) is 0 Å². The van der Waals surface area contributed by atoms with Crippen molar-refractivity contribution in [1.29, 1.82) is 0 Å². The van der Waals surface area contributed by atoms with E-state index in [1.54, 1.807) is 0 Å². The molecule has 0 spiro atoms. The van der Waals surface area contributed by atoms with Gasteiger partial charge in [-0.25, -0.2) is 0 Å².